The maximum Gasteiger partial charge on any atom is 0.262 e. The first kappa shape index (κ1) is 20.1. The molecular weight excluding hydrogens is 364 g/mol. The topological polar surface area (TPSA) is 58.6 Å². The van der Waals surface area contributed by atoms with Crippen molar-refractivity contribution in [1.82, 2.24) is 0 Å². The van der Waals surface area contributed by atoms with Gasteiger partial charge in [0.15, 0.2) is 6.61 Å². The van der Waals surface area contributed by atoms with E-state index in [9.17, 15) is 9.59 Å². The average molecular weight is 388 g/mol. The molecule has 0 saturated carbocycles. The Balaban J connectivity index is 1.59. The minimum absolute atomic E-state index is 0.0816. The summed E-state index contributed by atoms with van der Waals surface area (Å²) in [6.45, 7) is 4.39. The molecule has 2 amide bonds. The second-order valence-electron chi connectivity index (χ2n) is 6.62. The summed E-state index contributed by atoms with van der Waals surface area (Å²) in [7, 11) is 0. The second-order valence-corrected chi connectivity index (χ2v) is 6.62. The lowest BCUT2D eigenvalue weighted by Crippen LogP contribution is -2.30. The summed E-state index contributed by atoms with van der Waals surface area (Å²) in [6.07, 6.45) is 0. The summed E-state index contributed by atoms with van der Waals surface area (Å²) in [5, 5.41) is 2.78. The SMILES string of the molecule is CCN(C(=O)c1ccc(NC(=O)COc2cccc(C)c2)cc1)c1ccccc1. The van der Waals surface area contributed by atoms with Crippen LogP contribution in [0.25, 0.3) is 0 Å². The van der Waals surface area contributed by atoms with Gasteiger partial charge in [0.2, 0.25) is 0 Å². The molecule has 0 aromatic heterocycles. The molecule has 0 atom stereocenters. The molecule has 0 aliphatic carbocycles. The Kier molecular flexibility index (Phi) is 6.63. The third-order valence-electron chi connectivity index (χ3n) is 4.40. The van der Waals surface area contributed by atoms with Gasteiger partial charge in [0.25, 0.3) is 11.8 Å². The monoisotopic (exact) mass is 388 g/mol. The van der Waals surface area contributed by atoms with Gasteiger partial charge in [0.05, 0.1) is 0 Å². The van der Waals surface area contributed by atoms with Crippen LogP contribution >= 0.6 is 0 Å². The Bertz CT molecular complexity index is 969. The van der Waals surface area contributed by atoms with E-state index in [1.54, 1.807) is 29.2 Å². The Labute approximate surface area is 170 Å². The quantitative estimate of drug-likeness (QED) is 0.639. The highest BCUT2D eigenvalue weighted by Gasteiger charge is 2.16. The molecule has 0 fully saturated rings. The minimum atomic E-state index is -0.259. The highest BCUT2D eigenvalue weighted by Crippen LogP contribution is 2.18. The van der Waals surface area contributed by atoms with Crippen molar-refractivity contribution in [2.75, 3.05) is 23.4 Å². The van der Waals surface area contributed by atoms with Crippen molar-refractivity contribution in [3.63, 3.8) is 0 Å². The van der Waals surface area contributed by atoms with E-state index >= 15 is 0 Å². The number of rotatable bonds is 7. The zero-order valence-electron chi connectivity index (χ0n) is 16.6. The number of carbonyl (C=O) groups is 2. The third-order valence-corrected chi connectivity index (χ3v) is 4.40. The summed E-state index contributed by atoms with van der Waals surface area (Å²) < 4.78 is 5.50. The van der Waals surface area contributed by atoms with E-state index in [0.717, 1.165) is 11.3 Å². The van der Waals surface area contributed by atoms with Crippen molar-refractivity contribution >= 4 is 23.2 Å². The van der Waals surface area contributed by atoms with Gasteiger partial charge in [0.1, 0.15) is 5.75 Å². The predicted molar refractivity (Wildman–Crippen MR) is 116 cm³/mol. The Hall–Kier alpha value is -3.60. The van der Waals surface area contributed by atoms with Crippen LogP contribution in [-0.2, 0) is 4.79 Å². The average Bonchev–Trinajstić information content (AvgIpc) is 2.74. The van der Waals surface area contributed by atoms with E-state index in [0.29, 0.717) is 23.5 Å². The number of anilines is 2. The Morgan fingerprint density at radius 1 is 0.931 bits per heavy atom. The molecule has 3 aromatic rings. The second kappa shape index (κ2) is 9.55. The molecule has 3 rings (SSSR count). The molecule has 5 heteroatoms. The molecule has 0 aliphatic heterocycles. The lowest BCUT2D eigenvalue weighted by atomic mass is 10.1. The largest absolute Gasteiger partial charge is 0.484 e. The van der Waals surface area contributed by atoms with Gasteiger partial charge < -0.3 is 15.0 Å². The van der Waals surface area contributed by atoms with Crippen LogP contribution in [0.4, 0.5) is 11.4 Å². The van der Waals surface area contributed by atoms with Crippen LogP contribution in [0.1, 0.15) is 22.8 Å². The highest BCUT2D eigenvalue weighted by atomic mass is 16.5. The van der Waals surface area contributed by atoms with Crippen LogP contribution in [0.5, 0.6) is 5.75 Å². The molecule has 5 nitrogen and oxygen atoms in total. The zero-order chi connectivity index (χ0) is 20.6. The van der Waals surface area contributed by atoms with E-state index in [4.69, 9.17) is 4.74 Å². The van der Waals surface area contributed by atoms with Crippen LogP contribution < -0.4 is 15.0 Å². The van der Waals surface area contributed by atoms with Crippen molar-refractivity contribution in [2.45, 2.75) is 13.8 Å². The number of ether oxygens (including phenoxy) is 1. The molecule has 29 heavy (non-hydrogen) atoms. The first-order valence-corrected chi connectivity index (χ1v) is 9.53. The van der Waals surface area contributed by atoms with Crippen LogP contribution in [-0.4, -0.2) is 25.0 Å². The van der Waals surface area contributed by atoms with Crippen LogP contribution in [0.15, 0.2) is 78.9 Å². The first-order valence-electron chi connectivity index (χ1n) is 9.53. The number of aryl methyl sites for hydroxylation is 1. The van der Waals surface area contributed by atoms with Crippen LogP contribution in [0.3, 0.4) is 0 Å². The smallest absolute Gasteiger partial charge is 0.262 e. The fourth-order valence-corrected chi connectivity index (χ4v) is 2.95. The maximum atomic E-state index is 12.8. The van der Waals surface area contributed by atoms with Crippen molar-refractivity contribution in [3.05, 3.63) is 90.0 Å². The van der Waals surface area contributed by atoms with Gasteiger partial charge in [-0.25, -0.2) is 0 Å². The van der Waals surface area contributed by atoms with Crippen molar-refractivity contribution in [1.29, 1.82) is 0 Å². The number of nitrogens with zero attached hydrogens (tertiary/aromatic N) is 1. The molecule has 0 saturated heterocycles. The summed E-state index contributed by atoms with van der Waals surface area (Å²) in [6, 6.07) is 23.9. The number of hydrogen-bond donors (Lipinski definition) is 1. The first-order chi connectivity index (χ1) is 14.1. The zero-order valence-corrected chi connectivity index (χ0v) is 16.6. The van der Waals surface area contributed by atoms with Crippen molar-refractivity contribution < 1.29 is 14.3 Å². The fraction of sp³-hybridized carbons (Fsp3) is 0.167. The number of para-hydroxylation sites is 1. The molecule has 3 aromatic carbocycles. The van der Waals surface area contributed by atoms with Gasteiger partial charge in [-0.3, -0.25) is 9.59 Å². The van der Waals surface area contributed by atoms with Gasteiger partial charge in [-0.2, -0.15) is 0 Å². The summed E-state index contributed by atoms with van der Waals surface area (Å²) in [5.41, 5.74) is 3.09. The van der Waals surface area contributed by atoms with E-state index in [1.807, 2.05) is 68.4 Å². The van der Waals surface area contributed by atoms with Gasteiger partial charge in [-0.1, -0.05) is 30.3 Å². The molecule has 0 spiro atoms. The minimum Gasteiger partial charge on any atom is -0.484 e. The molecule has 148 valence electrons. The lowest BCUT2D eigenvalue weighted by molar-refractivity contribution is -0.118. The number of nitrogens with one attached hydrogen (secondary N) is 1. The number of benzene rings is 3. The number of amides is 2. The molecule has 0 aliphatic rings. The Morgan fingerprint density at radius 3 is 2.31 bits per heavy atom. The highest BCUT2D eigenvalue weighted by molar-refractivity contribution is 6.06. The maximum absolute atomic E-state index is 12.8. The molecule has 1 N–H and O–H groups in total. The normalized spacial score (nSPS) is 10.3. The molecule has 0 unspecified atom stereocenters. The van der Waals surface area contributed by atoms with Crippen LogP contribution in [0.2, 0.25) is 0 Å². The van der Waals surface area contributed by atoms with E-state index < -0.39 is 0 Å². The predicted octanol–water partition coefficient (Wildman–Crippen LogP) is 4.68. The molecule has 0 bridgehead atoms. The third kappa shape index (κ3) is 5.45. The lowest BCUT2D eigenvalue weighted by Gasteiger charge is -2.21. The molecular formula is C24H24N2O3. The number of hydrogen-bond acceptors (Lipinski definition) is 3. The summed E-state index contributed by atoms with van der Waals surface area (Å²) in [4.78, 5) is 26.6. The van der Waals surface area contributed by atoms with E-state index in [1.165, 1.54) is 0 Å². The van der Waals surface area contributed by atoms with Crippen molar-refractivity contribution in [3.8, 4) is 5.75 Å². The van der Waals surface area contributed by atoms with Gasteiger partial charge in [-0.15, -0.1) is 0 Å². The summed E-state index contributed by atoms with van der Waals surface area (Å²) in [5.74, 6) is 0.311. The van der Waals surface area contributed by atoms with Crippen molar-refractivity contribution in [2.24, 2.45) is 0 Å². The fourth-order valence-electron chi connectivity index (χ4n) is 2.95. The van der Waals surface area contributed by atoms with Gasteiger partial charge in [-0.05, 0) is 67.9 Å². The van der Waals surface area contributed by atoms with E-state index in [2.05, 4.69) is 5.32 Å². The van der Waals surface area contributed by atoms with Gasteiger partial charge in [0, 0.05) is 23.5 Å². The standard InChI is InChI=1S/C24H24N2O3/c1-3-26(21-9-5-4-6-10-21)24(28)19-12-14-20(15-13-19)25-23(27)17-29-22-11-7-8-18(2)16-22/h4-16H,3,17H2,1-2H3,(H,25,27). The molecule has 0 heterocycles. The number of carbonyl (C=O) groups excluding carboxylic acids is 2. The van der Waals surface area contributed by atoms with E-state index in [-0.39, 0.29) is 18.4 Å². The van der Waals surface area contributed by atoms with Gasteiger partial charge >= 0.3 is 0 Å². The molecule has 0 radical (unpaired) electrons. The summed E-state index contributed by atoms with van der Waals surface area (Å²) >= 11 is 0. The van der Waals surface area contributed by atoms with Crippen LogP contribution in [0, 0.1) is 6.92 Å². The Morgan fingerprint density at radius 2 is 1.66 bits per heavy atom.